The largest absolute Gasteiger partial charge is 0.344 e. The summed E-state index contributed by atoms with van der Waals surface area (Å²) in [5.41, 5.74) is 8.82. The van der Waals surface area contributed by atoms with Crippen LogP contribution in [0.5, 0.6) is 0 Å². The highest BCUT2D eigenvalue weighted by Crippen LogP contribution is 2.28. The average molecular weight is 684 g/mol. The van der Waals surface area contributed by atoms with E-state index in [1.165, 1.54) is 4.57 Å². The smallest absolute Gasteiger partial charge is 0.328 e. The van der Waals surface area contributed by atoms with Crippen molar-refractivity contribution in [3.8, 4) is 22.5 Å². The number of H-pyrrole nitrogens is 2. The summed E-state index contributed by atoms with van der Waals surface area (Å²) >= 11 is 0. The first kappa shape index (κ1) is 34.9. The van der Waals surface area contributed by atoms with Crippen molar-refractivity contribution in [2.75, 3.05) is 11.9 Å². The van der Waals surface area contributed by atoms with Gasteiger partial charge in [0.15, 0.2) is 0 Å². The lowest BCUT2D eigenvalue weighted by Gasteiger charge is -2.28. The number of carbonyl (C=O) groups excluding carboxylic acids is 2. The molecule has 5 aromatic rings. The Morgan fingerprint density at radius 1 is 0.898 bits per heavy atom. The maximum absolute atomic E-state index is 13.6. The maximum atomic E-state index is 13.6. The maximum Gasteiger partial charge on any atom is 0.328 e. The van der Waals surface area contributed by atoms with Gasteiger partial charge in [0.2, 0.25) is 17.6 Å². The molecule has 3 aromatic carbocycles. The number of aromatic nitrogens is 6. The van der Waals surface area contributed by atoms with Gasteiger partial charge in [-0.3, -0.25) is 23.9 Å². The predicted molar refractivity (Wildman–Crippen MR) is 188 cm³/mol. The molecule has 0 spiro atoms. The third-order valence-corrected chi connectivity index (χ3v) is 8.85. The SMILES string of the molecule is Cl.NCC1CCC(C(=O)N[C@@H](Cc2ccc(-c3cn(Cc4ccccc4)c(=O)[nH]c3=O)cc2)C(=O)Nc2ccc(-c3nn[nH]n3)cc2)CC1. The first-order valence-corrected chi connectivity index (χ1v) is 16.0. The lowest BCUT2D eigenvalue weighted by atomic mass is 9.81. The van der Waals surface area contributed by atoms with Crippen molar-refractivity contribution in [1.82, 2.24) is 35.5 Å². The van der Waals surface area contributed by atoms with Gasteiger partial charge in [0.1, 0.15) is 6.04 Å². The second kappa shape index (κ2) is 16.1. The number of hydrogen-bond acceptors (Lipinski definition) is 8. The number of rotatable bonds is 11. The molecule has 0 aliphatic heterocycles. The summed E-state index contributed by atoms with van der Waals surface area (Å²) < 4.78 is 1.46. The zero-order valence-electron chi connectivity index (χ0n) is 26.7. The molecular formula is C35H38ClN9O4. The Morgan fingerprint density at radius 2 is 1.59 bits per heavy atom. The van der Waals surface area contributed by atoms with Gasteiger partial charge in [-0.15, -0.1) is 22.6 Å². The summed E-state index contributed by atoms with van der Waals surface area (Å²) in [5.74, 6) is 0.162. The molecule has 2 heterocycles. The van der Waals surface area contributed by atoms with E-state index in [2.05, 4.69) is 36.2 Å². The van der Waals surface area contributed by atoms with Gasteiger partial charge in [0.25, 0.3) is 5.56 Å². The molecule has 1 aliphatic rings. The molecule has 2 amide bonds. The summed E-state index contributed by atoms with van der Waals surface area (Å²) in [6, 6.07) is 22.8. The van der Waals surface area contributed by atoms with Crippen LogP contribution in [-0.2, 0) is 22.6 Å². The number of benzene rings is 3. The molecule has 0 unspecified atom stereocenters. The number of hydrogen-bond donors (Lipinski definition) is 5. The zero-order chi connectivity index (χ0) is 33.5. The lowest BCUT2D eigenvalue weighted by molar-refractivity contribution is -0.130. The first-order valence-electron chi connectivity index (χ1n) is 16.0. The van der Waals surface area contributed by atoms with E-state index in [4.69, 9.17) is 5.73 Å². The van der Waals surface area contributed by atoms with Gasteiger partial charge >= 0.3 is 5.69 Å². The summed E-state index contributed by atoms with van der Waals surface area (Å²) in [6.45, 7) is 0.923. The number of amides is 2. The monoisotopic (exact) mass is 683 g/mol. The van der Waals surface area contributed by atoms with Gasteiger partial charge < -0.3 is 16.4 Å². The molecular weight excluding hydrogens is 646 g/mol. The van der Waals surface area contributed by atoms with Crippen molar-refractivity contribution in [3.63, 3.8) is 0 Å². The number of anilines is 1. The summed E-state index contributed by atoms with van der Waals surface area (Å²) in [4.78, 5) is 54.7. The van der Waals surface area contributed by atoms with Gasteiger partial charge in [0.05, 0.1) is 12.1 Å². The van der Waals surface area contributed by atoms with Crippen LogP contribution in [0.2, 0.25) is 0 Å². The number of carbonyl (C=O) groups is 2. The van der Waals surface area contributed by atoms with Crippen molar-refractivity contribution in [2.24, 2.45) is 17.6 Å². The van der Waals surface area contributed by atoms with Gasteiger partial charge in [0, 0.05) is 29.8 Å². The Labute approximate surface area is 288 Å². The Morgan fingerprint density at radius 3 is 2.24 bits per heavy atom. The number of aromatic amines is 2. The standard InChI is InChI=1S/C35H37N9O4.ClH/c36-19-23-8-12-27(13-9-23)32(45)38-30(34(47)37-28-16-14-26(15-17-28)31-40-42-43-41-31)18-22-6-10-25(11-7-22)29-21-44(35(48)39-33(29)46)20-24-4-2-1-3-5-24;/h1-7,10-11,14-17,21,23,27,30H,8-9,12-13,18-20,36H2,(H,37,47)(H,38,45)(H,39,46,48)(H,40,41,42,43);1H/t23?,27?,30-;/m0./s1. The Balaban J connectivity index is 0.00000468. The fourth-order valence-corrected chi connectivity index (χ4v) is 6.04. The number of tetrazole rings is 1. The van der Waals surface area contributed by atoms with Crippen LogP contribution in [0, 0.1) is 11.8 Å². The van der Waals surface area contributed by atoms with E-state index in [0.717, 1.165) is 42.4 Å². The van der Waals surface area contributed by atoms with Crippen molar-refractivity contribution < 1.29 is 9.59 Å². The van der Waals surface area contributed by atoms with Crippen LogP contribution < -0.4 is 27.6 Å². The van der Waals surface area contributed by atoms with Gasteiger partial charge in [-0.05, 0) is 84.3 Å². The molecule has 6 rings (SSSR count). The van der Waals surface area contributed by atoms with E-state index >= 15 is 0 Å². The van der Waals surface area contributed by atoms with Crippen molar-refractivity contribution >= 4 is 29.9 Å². The molecule has 0 bridgehead atoms. The highest BCUT2D eigenvalue weighted by Gasteiger charge is 2.29. The van der Waals surface area contributed by atoms with E-state index in [9.17, 15) is 19.2 Å². The topological polar surface area (TPSA) is 194 Å². The van der Waals surface area contributed by atoms with E-state index in [1.807, 2.05) is 42.5 Å². The number of halogens is 1. The summed E-state index contributed by atoms with van der Waals surface area (Å²) in [6.07, 6.45) is 5.02. The molecule has 1 fully saturated rings. The van der Waals surface area contributed by atoms with Gasteiger partial charge in [-0.2, -0.15) is 5.21 Å². The Bertz CT molecular complexity index is 1950. The fraction of sp³-hybridized carbons (Fsp3) is 0.286. The van der Waals surface area contributed by atoms with E-state index in [-0.39, 0.29) is 36.6 Å². The number of nitrogens with one attached hydrogen (secondary N) is 4. The molecule has 49 heavy (non-hydrogen) atoms. The molecule has 6 N–H and O–H groups in total. The van der Waals surface area contributed by atoms with Crippen LogP contribution >= 0.6 is 12.4 Å². The second-order valence-electron chi connectivity index (χ2n) is 12.1. The third-order valence-electron chi connectivity index (χ3n) is 8.85. The number of nitrogens with two attached hydrogens (primary N) is 1. The fourth-order valence-electron chi connectivity index (χ4n) is 6.04. The van der Waals surface area contributed by atoms with E-state index in [0.29, 0.717) is 41.6 Å². The molecule has 14 heteroatoms. The summed E-state index contributed by atoms with van der Waals surface area (Å²) in [7, 11) is 0. The third kappa shape index (κ3) is 8.75. The normalized spacial score (nSPS) is 16.3. The van der Waals surface area contributed by atoms with Crippen LogP contribution in [0.3, 0.4) is 0 Å². The van der Waals surface area contributed by atoms with Crippen molar-refractivity contribution in [1.29, 1.82) is 0 Å². The number of nitrogens with zero attached hydrogens (tertiary/aromatic N) is 4. The molecule has 1 saturated carbocycles. The minimum Gasteiger partial charge on any atom is -0.344 e. The quantitative estimate of drug-likeness (QED) is 0.140. The first-order chi connectivity index (χ1) is 23.4. The summed E-state index contributed by atoms with van der Waals surface area (Å²) in [5, 5.41) is 19.9. The molecule has 1 aliphatic carbocycles. The van der Waals surface area contributed by atoms with Gasteiger partial charge in [-0.25, -0.2) is 4.79 Å². The average Bonchev–Trinajstić information content (AvgIpc) is 3.66. The molecule has 13 nitrogen and oxygen atoms in total. The second-order valence-corrected chi connectivity index (χ2v) is 12.1. The lowest BCUT2D eigenvalue weighted by Crippen LogP contribution is -2.48. The highest BCUT2D eigenvalue weighted by atomic mass is 35.5. The van der Waals surface area contributed by atoms with Crippen LogP contribution in [0.1, 0.15) is 36.8 Å². The van der Waals surface area contributed by atoms with Crippen molar-refractivity contribution in [3.05, 3.63) is 117 Å². The minimum absolute atomic E-state index is 0. The predicted octanol–water partition coefficient (Wildman–Crippen LogP) is 3.28. The van der Waals surface area contributed by atoms with Crippen molar-refractivity contribution in [2.45, 2.75) is 44.7 Å². The van der Waals surface area contributed by atoms with Crippen LogP contribution in [-0.4, -0.2) is 54.6 Å². The van der Waals surface area contributed by atoms with Crippen LogP contribution in [0.4, 0.5) is 5.69 Å². The van der Waals surface area contributed by atoms with Gasteiger partial charge in [-0.1, -0.05) is 54.6 Å². The van der Waals surface area contributed by atoms with Crippen LogP contribution in [0.15, 0.2) is 94.6 Å². The molecule has 0 saturated heterocycles. The van der Waals surface area contributed by atoms with E-state index in [1.54, 1.807) is 42.6 Å². The molecule has 254 valence electrons. The van der Waals surface area contributed by atoms with E-state index < -0.39 is 17.3 Å². The zero-order valence-corrected chi connectivity index (χ0v) is 27.5. The molecule has 0 radical (unpaired) electrons. The highest BCUT2D eigenvalue weighted by molar-refractivity contribution is 5.97. The minimum atomic E-state index is -0.858. The van der Waals surface area contributed by atoms with Crippen LogP contribution in [0.25, 0.3) is 22.5 Å². The molecule has 2 aromatic heterocycles. The molecule has 1 atom stereocenters. The Hall–Kier alpha value is -5.40. The Kier molecular flexibility index (Phi) is 11.5.